The van der Waals surface area contributed by atoms with Crippen molar-refractivity contribution >= 4 is 6.03 Å². The Hall–Kier alpha value is -0.810. The van der Waals surface area contributed by atoms with Gasteiger partial charge in [0.15, 0.2) is 0 Å². The van der Waals surface area contributed by atoms with E-state index in [1.54, 1.807) is 19.0 Å². The normalized spacial score (nSPS) is 18.4. The molecule has 118 valence electrons. The average Bonchev–Trinajstić information content (AvgIpc) is 2.46. The maximum atomic E-state index is 11.8. The summed E-state index contributed by atoms with van der Waals surface area (Å²) in [5.41, 5.74) is 0. The van der Waals surface area contributed by atoms with Crippen LogP contribution in [0, 0.1) is 5.92 Å². The van der Waals surface area contributed by atoms with E-state index in [2.05, 4.69) is 19.2 Å². The van der Waals surface area contributed by atoms with Crippen LogP contribution in [0.25, 0.3) is 0 Å². The second-order valence-corrected chi connectivity index (χ2v) is 5.99. The summed E-state index contributed by atoms with van der Waals surface area (Å²) < 4.78 is 0. The quantitative estimate of drug-likeness (QED) is 0.778. The lowest BCUT2D eigenvalue weighted by molar-refractivity contribution is 0.0930. The molecule has 1 heterocycles. The summed E-state index contributed by atoms with van der Waals surface area (Å²) in [5, 5.41) is 13.6. The minimum atomic E-state index is -0.258. The Morgan fingerprint density at radius 1 is 1.30 bits per heavy atom. The van der Waals surface area contributed by atoms with E-state index < -0.39 is 0 Å². The molecule has 1 atom stereocenters. The van der Waals surface area contributed by atoms with Crippen LogP contribution in [0.2, 0.25) is 0 Å². The molecule has 1 aliphatic rings. The first-order chi connectivity index (χ1) is 9.49. The molecule has 0 aromatic heterocycles. The summed E-state index contributed by atoms with van der Waals surface area (Å²) >= 11 is 0. The van der Waals surface area contributed by atoms with E-state index >= 15 is 0 Å². The summed E-state index contributed by atoms with van der Waals surface area (Å²) in [6.45, 7) is 6.52. The molecule has 0 spiro atoms. The van der Waals surface area contributed by atoms with Crippen LogP contribution in [0.3, 0.4) is 0 Å². The van der Waals surface area contributed by atoms with Gasteiger partial charge in [-0.05, 0) is 18.8 Å². The summed E-state index contributed by atoms with van der Waals surface area (Å²) in [6, 6.07) is 0.519. The number of amides is 2. The Morgan fingerprint density at radius 2 is 1.85 bits per heavy atom. The fourth-order valence-electron chi connectivity index (χ4n) is 2.84. The van der Waals surface area contributed by atoms with E-state index in [9.17, 15) is 9.90 Å². The molecule has 1 unspecified atom stereocenters. The zero-order chi connectivity index (χ0) is 15.1. The number of rotatable bonds is 6. The molecule has 1 rings (SSSR count). The molecule has 0 radical (unpaired) electrons. The van der Waals surface area contributed by atoms with E-state index in [4.69, 9.17) is 0 Å². The zero-order valence-corrected chi connectivity index (χ0v) is 13.4. The Balaban J connectivity index is 2.27. The molecule has 1 fully saturated rings. The number of aliphatic hydroxyl groups excluding tert-OH is 1. The minimum Gasteiger partial charge on any atom is -0.392 e. The Morgan fingerprint density at radius 3 is 2.30 bits per heavy atom. The van der Waals surface area contributed by atoms with Crippen molar-refractivity contribution in [3.8, 4) is 0 Å². The van der Waals surface area contributed by atoms with Gasteiger partial charge in [0, 0.05) is 39.8 Å². The number of nitrogens with zero attached hydrogens (tertiary/aromatic N) is 2. The SMILES string of the molecule is CCC(CC)C(O)CNC1CCN(C(=O)N(C)C)CC1. The molecular weight excluding hydrogens is 254 g/mol. The number of hydrogen-bond donors (Lipinski definition) is 2. The highest BCUT2D eigenvalue weighted by molar-refractivity contribution is 5.73. The van der Waals surface area contributed by atoms with Gasteiger partial charge < -0.3 is 20.2 Å². The van der Waals surface area contributed by atoms with Gasteiger partial charge in [0.2, 0.25) is 0 Å². The molecule has 0 bridgehead atoms. The van der Waals surface area contributed by atoms with Gasteiger partial charge in [-0.15, -0.1) is 0 Å². The Labute approximate surface area is 123 Å². The highest BCUT2D eigenvalue weighted by Crippen LogP contribution is 2.15. The van der Waals surface area contributed by atoms with Crippen LogP contribution in [-0.2, 0) is 0 Å². The summed E-state index contributed by atoms with van der Waals surface area (Å²) in [4.78, 5) is 15.4. The molecule has 2 N–H and O–H groups in total. The molecule has 1 saturated heterocycles. The van der Waals surface area contributed by atoms with E-state index in [0.29, 0.717) is 18.5 Å². The van der Waals surface area contributed by atoms with Gasteiger partial charge in [-0.25, -0.2) is 4.79 Å². The second-order valence-electron chi connectivity index (χ2n) is 5.99. The van der Waals surface area contributed by atoms with Gasteiger partial charge in [-0.1, -0.05) is 26.7 Å². The van der Waals surface area contributed by atoms with E-state index in [0.717, 1.165) is 38.8 Å². The van der Waals surface area contributed by atoms with E-state index in [-0.39, 0.29) is 12.1 Å². The van der Waals surface area contributed by atoms with Crippen molar-refractivity contribution < 1.29 is 9.90 Å². The summed E-state index contributed by atoms with van der Waals surface area (Å²) in [6.07, 6.45) is 3.72. The third-order valence-electron chi connectivity index (χ3n) is 4.36. The summed E-state index contributed by atoms with van der Waals surface area (Å²) in [7, 11) is 3.58. The van der Waals surface area contributed by atoms with E-state index in [1.807, 2.05) is 4.90 Å². The van der Waals surface area contributed by atoms with Crippen molar-refractivity contribution in [2.45, 2.75) is 51.7 Å². The molecule has 20 heavy (non-hydrogen) atoms. The first-order valence-electron chi connectivity index (χ1n) is 7.87. The van der Waals surface area contributed by atoms with E-state index in [1.165, 1.54) is 0 Å². The maximum Gasteiger partial charge on any atom is 0.319 e. The lowest BCUT2D eigenvalue weighted by atomic mass is 9.96. The van der Waals surface area contributed by atoms with Crippen LogP contribution in [0.15, 0.2) is 0 Å². The molecular formula is C15H31N3O2. The molecule has 2 amide bonds. The van der Waals surface area contributed by atoms with Crippen molar-refractivity contribution in [2.24, 2.45) is 5.92 Å². The summed E-state index contributed by atoms with van der Waals surface area (Å²) in [5.74, 6) is 0.387. The highest BCUT2D eigenvalue weighted by Gasteiger charge is 2.24. The predicted octanol–water partition coefficient (Wildman–Crippen LogP) is 1.52. The molecule has 1 aliphatic heterocycles. The van der Waals surface area contributed by atoms with Gasteiger partial charge in [-0.3, -0.25) is 0 Å². The standard InChI is InChI=1S/C15H31N3O2/c1-5-12(6-2)14(19)11-16-13-7-9-18(10-8-13)15(20)17(3)4/h12-14,16,19H,5-11H2,1-4H3. The number of hydrogen-bond acceptors (Lipinski definition) is 3. The Kier molecular flexibility index (Phi) is 7.30. The van der Waals surface area contributed by atoms with Crippen LogP contribution in [-0.4, -0.2) is 66.8 Å². The van der Waals surface area contributed by atoms with Crippen LogP contribution >= 0.6 is 0 Å². The van der Waals surface area contributed by atoms with Crippen LogP contribution < -0.4 is 5.32 Å². The van der Waals surface area contributed by atoms with Crippen molar-refractivity contribution in [1.29, 1.82) is 0 Å². The molecule has 5 nitrogen and oxygen atoms in total. The number of carbonyl (C=O) groups excluding carboxylic acids is 1. The third-order valence-corrected chi connectivity index (χ3v) is 4.36. The number of piperidine rings is 1. The second kappa shape index (κ2) is 8.47. The smallest absolute Gasteiger partial charge is 0.319 e. The number of aliphatic hydroxyl groups is 1. The van der Waals surface area contributed by atoms with Crippen molar-refractivity contribution in [2.75, 3.05) is 33.7 Å². The first-order valence-corrected chi connectivity index (χ1v) is 7.87. The van der Waals surface area contributed by atoms with Gasteiger partial charge >= 0.3 is 6.03 Å². The van der Waals surface area contributed by atoms with Gasteiger partial charge in [-0.2, -0.15) is 0 Å². The fraction of sp³-hybridized carbons (Fsp3) is 0.933. The predicted molar refractivity (Wildman–Crippen MR) is 81.8 cm³/mol. The van der Waals surface area contributed by atoms with Gasteiger partial charge in [0.25, 0.3) is 0 Å². The van der Waals surface area contributed by atoms with Crippen molar-refractivity contribution in [3.63, 3.8) is 0 Å². The third kappa shape index (κ3) is 4.94. The largest absolute Gasteiger partial charge is 0.392 e. The monoisotopic (exact) mass is 285 g/mol. The fourth-order valence-corrected chi connectivity index (χ4v) is 2.84. The zero-order valence-electron chi connectivity index (χ0n) is 13.4. The molecule has 0 aromatic carbocycles. The first kappa shape index (κ1) is 17.2. The average molecular weight is 285 g/mol. The maximum absolute atomic E-state index is 11.8. The van der Waals surface area contributed by atoms with Crippen LogP contribution in [0.5, 0.6) is 0 Å². The number of carbonyl (C=O) groups is 1. The molecule has 0 aromatic rings. The number of nitrogens with one attached hydrogen (secondary N) is 1. The van der Waals surface area contributed by atoms with Crippen molar-refractivity contribution in [1.82, 2.24) is 15.1 Å². The molecule has 5 heteroatoms. The number of urea groups is 1. The lowest BCUT2D eigenvalue weighted by Gasteiger charge is -2.34. The molecule has 0 aliphatic carbocycles. The van der Waals surface area contributed by atoms with Crippen LogP contribution in [0.4, 0.5) is 4.79 Å². The lowest BCUT2D eigenvalue weighted by Crippen LogP contribution is -2.49. The number of likely N-dealkylation sites (tertiary alicyclic amines) is 1. The minimum absolute atomic E-state index is 0.0977. The molecule has 0 saturated carbocycles. The van der Waals surface area contributed by atoms with Gasteiger partial charge in [0.1, 0.15) is 0 Å². The topological polar surface area (TPSA) is 55.8 Å². The van der Waals surface area contributed by atoms with Gasteiger partial charge in [0.05, 0.1) is 6.10 Å². The highest BCUT2D eigenvalue weighted by atomic mass is 16.3. The Bertz CT molecular complexity index is 285. The van der Waals surface area contributed by atoms with Crippen LogP contribution in [0.1, 0.15) is 39.5 Å². The van der Waals surface area contributed by atoms with Crippen molar-refractivity contribution in [3.05, 3.63) is 0 Å².